The second-order valence-corrected chi connectivity index (χ2v) is 6.84. The average molecular weight is 409 g/mol. The fourth-order valence-corrected chi connectivity index (χ4v) is 3.29. The van der Waals surface area contributed by atoms with Crippen molar-refractivity contribution in [3.05, 3.63) is 62.5 Å². The lowest BCUT2D eigenvalue weighted by Crippen LogP contribution is -2.36. The van der Waals surface area contributed by atoms with Gasteiger partial charge in [-0.05, 0) is 42.3 Å². The van der Waals surface area contributed by atoms with Crippen LogP contribution in [0.25, 0.3) is 0 Å². The Morgan fingerprint density at radius 3 is 2.71 bits per heavy atom. The minimum Gasteiger partial charge on any atom is -0.369 e. The van der Waals surface area contributed by atoms with Gasteiger partial charge in [0.25, 0.3) is 0 Å². The van der Waals surface area contributed by atoms with Gasteiger partial charge in [0.15, 0.2) is 5.96 Å². The molecule has 0 fully saturated rings. The zero-order valence-electron chi connectivity index (χ0n) is 11.6. The lowest BCUT2D eigenvalue weighted by molar-refractivity contribution is 0.767. The molecule has 3 nitrogen and oxygen atoms in total. The second kappa shape index (κ2) is 5.81. The summed E-state index contributed by atoms with van der Waals surface area (Å²) >= 11 is 7.11. The van der Waals surface area contributed by atoms with Gasteiger partial charge in [-0.3, -0.25) is 4.99 Å². The first kappa shape index (κ1) is 14.6. The maximum absolute atomic E-state index is 6.11. The van der Waals surface area contributed by atoms with Crippen molar-refractivity contribution in [3.63, 3.8) is 0 Å². The van der Waals surface area contributed by atoms with Crippen LogP contribution >= 0.6 is 31.9 Å². The van der Waals surface area contributed by atoms with Crippen LogP contribution in [0.4, 0.5) is 5.69 Å². The Bertz CT molecular complexity index is 712. The predicted molar refractivity (Wildman–Crippen MR) is 94.7 cm³/mol. The molecule has 0 amide bonds. The van der Waals surface area contributed by atoms with Crippen molar-refractivity contribution in [3.8, 4) is 0 Å². The molecule has 0 aromatic heterocycles. The van der Waals surface area contributed by atoms with Crippen LogP contribution in [0, 0.1) is 6.92 Å². The third-order valence-electron chi connectivity index (χ3n) is 3.65. The molecule has 21 heavy (non-hydrogen) atoms. The van der Waals surface area contributed by atoms with Crippen molar-refractivity contribution in [1.82, 2.24) is 0 Å². The molecule has 0 saturated carbocycles. The van der Waals surface area contributed by atoms with Crippen LogP contribution in [-0.4, -0.2) is 12.5 Å². The van der Waals surface area contributed by atoms with Crippen LogP contribution in [0.1, 0.15) is 17.2 Å². The Morgan fingerprint density at radius 2 is 2.00 bits per heavy atom. The van der Waals surface area contributed by atoms with E-state index in [1.165, 1.54) is 11.1 Å². The summed E-state index contributed by atoms with van der Waals surface area (Å²) in [7, 11) is 0. The highest BCUT2D eigenvalue weighted by Gasteiger charge is 2.29. The molecule has 5 heteroatoms. The summed E-state index contributed by atoms with van der Waals surface area (Å²) in [6, 6.07) is 14.7. The summed E-state index contributed by atoms with van der Waals surface area (Å²) in [5.41, 5.74) is 9.58. The van der Waals surface area contributed by atoms with Gasteiger partial charge in [-0.2, -0.15) is 0 Å². The van der Waals surface area contributed by atoms with E-state index in [0.717, 1.165) is 14.6 Å². The van der Waals surface area contributed by atoms with E-state index in [1.54, 1.807) is 0 Å². The number of hydrogen-bond donors (Lipinski definition) is 1. The maximum Gasteiger partial charge on any atom is 0.196 e. The lowest BCUT2D eigenvalue weighted by atomic mass is 10.0. The number of hydrogen-bond acceptors (Lipinski definition) is 3. The number of halogens is 2. The van der Waals surface area contributed by atoms with Gasteiger partial charge in [0.1, 0.15) is 0 Å². The van der Waals surface area contributed by atoms with E-state index in [-0.39, 0.29) is 6.04 Å². The van der Waals surface area contributed by atoms with Crippen molar-refractivity contribution in [2.45, 2.75) is 13.0 Å². The minimum absolute atomic E-state index is 0.135. The van der Waals surface area contributed by atoms with Crippen LogP contribution in [0.2, 0.25) is 0 Å². The molecule has 1 atom stereocenters. The van der Waals surface area contributed by atoms with Crippen molar-refractivity contribution in [2.75, 3.05) is 11.4 Å². The number of rotatable bonds is 2. The number of benzene rings is 2. The molecular weight excluding hydrogens is 394 g/mol. The molecule has 0 saturated heterocycles. The van der Waals surface area contributed by atoms with Crippen LogP contribution in [0.15, 0.2) is 56.4 Å². The molecule has 3 rings (SSSR count). The Labute approximate surface area is 141 Å². The summed E-state index contributed by atoms with van der Waals surface area (Å²) in [6.45, 7) is 2.76. The number of guanidine groups is 1. The first-order valence-electron chi connectivity index (χ1n) is 6.67. The van der Waals surface area contributed by atoms with Crippen molar-refractivity contribution in [1.29, 1.82) is 0 Å². The summed E-state index contributed by atoms with van der Waals surface area (Å²) < 4.78 is 2.14. The predicted octanol–water partition coefficient (Wildman–Crippen LogP) is 4.40. The Balaban J connectivity index is 2.00. The molecule has 108 valence electrons. The van der Waals surface area contributed by atoms with Crippen molar-refractivity contribution in [2.24, 2.45) is 10.7 Å². The third kappa shape index (κ3) is 2.85. The smallest absolute Gasteiger partial charge is 0.196 e. The third-order valence-corrected chi connectivity index (χ3v) is 5.00. The summed E-state index contributed by atoms with van der Waals surface area (Å²) in [5, 5.41) is 0. The first-order valence-corrected chi connectivity index (χ1v) is 8.25. The largest absolute Gasteiger partial charge is 0.369 e. The molecular formula is C16H15Br2N3. The highest BCUT2D eigenvalue weighted by molar-refractivity contribution is 9.10. The van der Waals surface area contributed by atoms with Crippen LogP contribution < -0.4 is 10.6 Å². The standard InChI is InChI=1S/C16H15Br2N3/c1-10-5-6-11(7-14(10)18)15-9-20-16(19)21(15)13-4-2-3-12(17)8-13/h2-8,15H,9H2,1H3,(H2,19,20). The number of nitrogens with two attached hydrogens (primary N) is 1. The molecule has 0 aliphatic carbocycles. The van der Waals surface area contributed by atoms with E-state index in [1.807, 2.05) is 12.1 Å². The molecule has 0 bridgehead atoms. The second-order valence-electron chi connectivity index (χ2n) is 5.07. The normalized spacial score (nSPS) is 18.0. The monoisotopic (exact) mass is 407 g/mol. The van der Waals surface area contributed by atoms with Crippen LogP contribution in [-0.2, 0) is 0 Å². The molecule has 1 unspecified atom stereocenters. The van der Waals surface area contributed by atoms with E-state index in [0.29, 0.717) is 12.5 Å². The molecule has 2 aromatic carbocycles. The van der Waals surface area contributed by atoms with Crippen LogP contribution in [0.3, 0.4) is 0 Å². The Kier molecular flexibility index (Phi) is 4.04. The van der Waals surface area contributed by atoms with Gasteiger partial charge >= 0.3 is 0 Å². The SMILES string of the molecule is Cc1ccc(C2CN=C(N)N2c2cccc(Br)c2)cc1Br. The van der Waals surface area contributed by atoms with Gasteiger partial charge in [0.2, 0.25) is 0 Å². The van der Waals surface area contributed by atoms with Gasteiger partial charge in [-0.1, -0.05) is 50.1 Å². The minimum atomic E-state index is 0.135. The fourth-order valence-electron chi connectivity index (χ4n) is 2.51. The van der Waals surface area contributed by atoms with Crippen molar-refractivity contribution >= 4 is 43.5 Å². The number of nitrogens with zero attached hydrogens (tertiary/aromatic N) is 2. The van der Waals surface area contributed by atoms with Gasteiger partial charge in [-0.25, -0.2) is 0 Å². The zero-order valence-corrected chi connectivity index (χ0v) is 14.7. The average Bonchev–Trinajstić information content (AvgIpc) is 2.84. The van der Waals surface area contributed by atoms with Gasteiger partial charge in [-0.15, -0.1) is 0 Å². The molecule has 1 aliphatic heterocycles. The van der Waals surface area contributed by atoms with Gasteiger partial charge in [0.05, 0.1) is 12.6 Å². The highest BCUT2D eigenvalue weighted by atomic mass is 79.9. The highest BCUT2D eigenvalue weighted by Crippen LogP contribution is 2.33. The molecule has 2 N–H and O–H groups in total. The first-order chi connectivity index (χ1) is 10.1. The molecule has 2 aromatic rings. The summed E-state index contributed by atoms with van der Waals surface area (Å²) in [4.78, 5) is 6.51. The molecule has 0 spiro atoms. The molecule has 1 aliphatic rings. The van der Waals surface area contributed by atoms with E-state index in [4.69, 9.17) is 5.73 Å². The summed E-state index contributed by atoms with van der Waals surface area (Å²) in [6.07, 6.45) is 0. The number of anilines is 1. The zero-order chi connectivity index (χ0) is 15.0. The number of aliphatic imine (C=N–C) groups is 1. The topological polar surface area (TPSA) is 41.6 Å². The van der Waals surface area contributed by atoms with Gasteiger partial charge < -0.3 is 10.6 Å². The molecule has 0 radical (unpaired) electrons. The van der Waals surface area contributed by atoms with E-state index >= 15 is 0 Å². The summed E-state index contributed by atoms with van der Waals surface area (Å²) in [5.74, 6) is 0.565. The lowest BCUT2D eigenvalue weighted by Gasteiger charge is -2.27. The van der Waals surface area contributed by atoms with Crippen molar-refractivity contribution < 1.29 is 0 Å². The van der Waals surface area contributed by atoms with E-state index < -0.39 is 0 Å². The van der Waals surface area contributed by atoms with E-state index in [9.17, 15) is 0 Å². The van der Waals surface area contributed by atoms with E-state index in [2.05, 4.69) is 79.0 Å². The quantitative estimate of drug-likeness (QED) is 0.800. The number of aryl methyl sites for hydroxylation is 1. The molecule has 1 heterocycles. The fraction of sp³-hybridized carbons (Fsp3) is 0.188. The van der Waals surface area contributed by atoms with Crippen LogP contribution in [0.5, 0.6) is 0 Å². The Hall–Kier alpha value is -1.33. The maximum atomic E-state index is 6.11. The Morgan fingerprint density at radius 1 is 1.19 bits per heavy atom. The van der Waals surface area contributed by atoms with Gasteiger partial charge in [0, 0.05) is 14.6 Å².